The standard InChI is InChI=1S/C10H12N2OS/c1-7-2-3-8-9(6-7)14-5-4-10(11-8)12-13/h2-3,6,13H,4-5H2,1H3,(H,11,12). The molecule has 14 heavy (non-hydrogen) atoms. The highest BCUT2D eigenvalue weighted by molar-refractivity contribution is 7.99. The minimum Gasteiger partial charge on any atom is -0.290 e. The zero-order valence-corrected chi connectivity index (χ0v) is 8.77. The third-order valence-electron chi connectivity index (χ3n) is 2.10. The number of nitrogens with zero attached hydrogens (tertiary/aromatic N) is 1. The molecule has 0 aliphatic carbocycles. The van der Waals surface area contributed by atoms with Crippen molar-refractivity contribution >= 4 is 23.3 Å². The second-order valence-corrected chi connectivity index (χ2v) is 4.38. The van der Waals surface area contributed by atoms with Crippen LogP contribution in [0.25, 0.3) is 0 Å². The van der Waals surface area contributed by atoms with Gasteiger partial charge in [0.2, 0.25) is 0 Å². The van der Waals surface area contributed by atoms with Gasteiger partial charge in [0.05, 0.1) is 5.69 Å². The van der Waals surface area contributed by atoms with Crippen LogP contribution in [0.5, 0.6) is 0 Å². The molecular formula is C10H12N2OS. The molecule has 2 rings (SSSR count). The first-order valence-electron chi connectivity index (χ1n) is 4.51. The maximum atomic E-state index is 8.81. The number of thioether (sulfide) groups is 1. The van der Waals surface area contributed by atoms with Crippen molar-refractivity contribution < 1.29 is 5.21 Å². The van der Waals surface area contributed by atoms with Crippen LogP contribution >= 0.6 is 11.8 Å². The first kappa shape index (κ1) is 9.55. The Bertz CT molecular complexity index is 376. The summed E-state index contributed by atoms with van der Waals surface area (Å²) in [6, 6.07) is 6.15. The van der Waals surface area contributed by atoms with Crippen molar-refractivity contribution in [3.63, 3.8) is 0 Å². The van der Waals surface area contributed by atoms with Crippen LogP contribution in [-0.4, -0.2) is 16.8 Å². The number of benzene rings is 1. The van der Waals surface area contributed by atoms with E-state index in [1.54, 1.807) is 11.8 Å². The predicted molar refractivity (Wildman–Crippen MR) is 58.5 cm³/mol. The average Bonchev–Trinajstić information content (AvgIpc) is 2.38. The van der Waals surface area contributed by atoms with E-state index >= 15 is 0 Å². The minimum absolute atomic E-state index is 0.639. The number of amidine groups is 1. The van der Waals surface area contributed by atoms with Crippen LogP contribution in [0.2, 0.25) is 0 Å². The Morgan fingerprint density at radius 3 is 3.14 bits per heavy atom. The number of nitrogens with one attached hydrogen (secondary N) is 1. The molecule has 0 fully saturated rings. The minimum atomic E-state index is 0.639. The van der Waals surface area contributed by atoms with E-state index < -0.39 is 0 Å². The summed E-state index contributed by atoms with van der Waals surface area (Å²) in [4.78, 5) is 5.52. The Labute approximate surface area is 87.2 Å². The van der Waals surface area contributed by atoms with Crippen molar-refractivity contribution in [1.82, 2.24) is 5.48 Å². The first-order chi connectivity index (χ1) is 6.79. The summed E-state index contributed by atoms with van der Waals surface area (Å²) in [5, 5.41) is 8.81. The average molecular weight is 208 g/mol. The lowest BCUT2D eigenvalue weighted by atomic mass is 10.2. The van der Waals surface area contributed by atoms with E-state index in [4.69, 9.17) is 5.21 Å². The number of hydrogen-bond donors (Lipinski definition) is 2. The van der Waals surface area contributed by atoms with Gasteiger partial charge in [0.25, 0.3) is 0 Å². The van der Waals surface area contributed by atoms with Gasteiger partial charge in [0.15, 0.2) is 0 Å². The van der Waals surface area contributed by atoms with Gasteiger partial charge in [-0.1, -0.05) is 6.07 Å². The third kappa shape index (κ3) is 1.91. The van der Waals surface area contributed by atoms with Crippen molar-refractivity contribution in [3.05, 3.63) is 23.8 Å². The van der Waals surface area contributed by atoms with Crippen molar-refractivity contribution in [1.29, 1.82) is 0 Å². The van der Waals surface area contributed by atoms with Crippen molar-refractivity contribution in [2.75, 3.05) is 5.75 Å². The van der Waals surface area contributed by atoms with Gasteiger partial charge in [0, 0.05) is 17.1 Å². The molecule has 0 unspecified atom stereocenters. The van der Waals surface area contributed by atoms with Gasteiger partial charge < -0.3 is 0 Å². The van der Waals surface area contributed by atoms with Crippen LogP contribution < -0.4 is 5.48 Å². The molecule has 74 valence electrons. The number of hydrogen-bond acceptors (Lipinski definition) is 4. The molecule has 0 saturated carbocycles. The fourth-order valence-corrected chi connectivity index (χ4v) is 2.42. The second kappa shape index (κ2) is 4.02. The Balaban J connectivity index is 2.42. The fourth-order valence-electron chi connectivity index (χ4n) is 1.37. The largest absolute Gasteiger partial charge is 0.290 e. The highest BCUT2D eigenvalue weighted by Gasteiger charge is 2.09. The molecule has 2 N–H and O–H groups in total. The quantitative estimate of drug-likeness (QED) is 0.644. The molecule has 0 spiro atoms. The summed E-state index contributed by atoms with van der Waals surface area (Å²) < 4.78 is 0. The lowest BCUT2D eigenvalue weighted by Gasteiger charge is -2.02. The lowest BCUT2D eigenvalue weighted by molar-refractivity contribution is 0.232. The smallest absolute Gasteiger partial charge is 0.127 e. The molecule has 0 saturated heterocycles. The summed E-state index contributed by atoms with van der Waals surface area (Å²) in [5.41, 5.74) is 4.32. The van der Waals surface area contributed by atoms with Gasteiger partial charge >= 0.3 is 0 Å². The molecule has 0 radical (unpaired) electrons. The van der Waals surface area contributed by atoms with Gasteiger partial charge in [-0.15, -0.1) is 11.8 Å². The monoisotopic (exact) mass is 208 g/mol. The summed E-state index contributed by atoms with van der Waals surface area (Å²) >= 11 is 1.78. The Hall–Kier alpha value is -1.00. The topological polar surface area (TPSA) is 44.6 Å². The van der Waals surface area contributed by atoms with Crippen molar-refractivity contribution in [2.24, 2.45) is 4.99 Å². The predicted octanol–water partition coefficient (Wildman–Crippen LogP) is 2.50. The number of fused-ring (bicyclic) bond motifs is 1. The lowest BCUT2D eigenvalue weighted by Crippen LogP contribution is -2.18. The van der Waals surface area contributed by atoms with Gasteiger partial charge in [-0.2, -0.15) is 0 Å². The molecule has 0 amide bonds. The number of hydroxylamine groups is 1. The molecule has 1 aromatic rings. The molecule has 1 aliphatic heterocycles. The van der Waals surface area contributed by atoms with E-state index in [1.165, 1.54) is 10.5 Å². The van der Waals surface area contributed by atoms with Crippen LogP contribution in [0.15, 0.2) is 28.1 Å². The van der Waals surface area contributed by atoms with E-state index in [2.05, 4.69) is 23.5 Å². The Morgan fingerprint density at radius 2 is 2.36 bits per heavy atom. The van der Waals surface area contributed by atoms with Crippen LogP contribution in [0.3, 0.4) is 0 Å². The van der Waals surface area contributed by atoms with Crippen LogP contribution in [0, 0.1) is 6.92 Å². The Morgan fingerprint density at radius 1 is 1.50 bits per heavy atom. The Kier molecular flexibility index (Phi) is 2.74. The third-order valence-corrected chi connectivity index (χ3v) is 3.14. The number of rotatable bonds is 0. The maximum Gasteiger partial charge on any atom is 0.127 e. The molecular weight excluding hydrogens is 196 g/mol. The van der Waals surface area contributed by atoms with E-state index in [-0.39, 0.29) is 0 Å². The van der Waals surface area contributed by atoms with Gasteiger partial charge in [-0.3, -0.25) is 10.7 Å². The van der Waals surface area contributed by atoms with E-state index in [0.717, 1.165) is 17.9 Å². The highest BCUT2D eigenvalue weighted by Crippen LogP contribution is 2.33. The molecule has 0 bridgehead atoms. The molecule has 1 aromatic carbocycles. The van der Waals surface area contributed by atoms with Gasteiger partial charge in [0.1, 0.15) is 5.84 Å². The molecule has 3 nitrogen and oxygen atoms in total. The summed E-state index contributed by atoms with van der Waals surface area (Å²) in [7, 11) is 0. The SMILES string of the molecule is Cc1ccc2c(c1)SCCC(NO)=N2. The first-order valence-corrected chi connectivity index (χ1v) is 5.49. The van der Waals surface area contributed by atoms with Gasteiger partial charge in [-0.25, -0.2) is 4.99 Å². The maximum absolute atomic E-state index is 8.81. The molecule has 0 atom stereocenters. The van der Waals surface area contributed by atoms with E-state index in [1.807, 2.05) is 12.1 Å². The van der Waals surface area contributed by atoms with E-state index in [9.17, 15) is 0 Å². The molecule has 0 aromatic heterocycles. The molecule has 1 heterocycles. The molecule has 4 heteroatoms. The van der Waals surface area contributed by atoms with Crippen LogP contribution in [0.1, 0.15) is 12.0 Å². The normalized spacial score (nSPS) is 15.4. The van der Waals surface area contributed by atoms with Crippen LogP contribution in [0.4, 0.5) is 5.69 Å². The second-order valence-electron chi connectivity index (χ2n) is 3.24. The highest BCUT2D eigenvalue weighted by atomic mass is 32.2. The summed E-state index contributed by atoms with van der Waals surface area (Å²) in [5.74, 6) is 1.59. The zero-order chi connectivity index (χ0) is 9.97. The fraction of sp³-hybridized carbons (Fsp3) is 0.300. The zero-order valence-electron chi connectivity index (χ0n) is 7.95. The number of aryl methyl sites for hydroxylation is 1. The van der Waals surface area contributed by atoms with Crippen LogP contribution in [-0.2, 0) is 0 Å². The van der Waals surface area contributed by atoms with E-state index in [0.29, 0.717) is 5.84 Å². The molecule has 1 aliphatic rings. The van der Waals surface area contributed by atoms with Crippen molar-refractivity contribution in [3.8, 4) is 0 Å². The van der Waals surface area contributed by atoms with Gasteiger partial charge in [-0.05, 0) is 24.6 Å². The number of aliphatic imine (C=N–C) groups is 1. The summed E-state index contributed by atoms with van der Waals surface area (Å²) in [6.07, 6.45) is 0.773. The van der Waals surface area contributed by atoms with Crippen molar-refractivity contribution in [2.45, 2.75) is 18.2 Å². The summed E-state index contributed by atoms with van der Waals surface area (Å²) in [6.45, 7) is 2.07.